The van der Waals surface area contributed by atoms with Gasteiger partial charge in [0.15, 0.2) is 0 Å². The predicted octanol–water partition coefficient (Wildman–Crippen LogP) is 0.634. The van der Waals surface area contributed by atoms with E-state index in [2.05, 4.69) is 21.2 Å². The van der Waals surface area contributed by atoms with Gasteiger partial charge in [-0.2, -0.15) is 0 Å². The van der Waals surface area contributed by atoms with Crippen LogP contribution in [-0.2, 0) is 9.53 Å². The molecule has 4 heteroatoms. The van der Waals surface area contributed by atoms with Crippen molar-refractivity contribution in [3.63, 3.8) is 0 Å². The Morgan fingerprint density at radius 1 is 1.70 bits per heavy atom. The molecule has 1 amide bonds. The van der Waals surface area contributed by atoms with Crippen LogP contribution in [-0.4, -0.2) is 24.1 Å². The first kappa shape index (κ1) is 8.01. The summed E-state index contributed by atoms with van der Waals surface area (Å²) in [7, 11) is 0. The molecule has 1 aliphatic heterocycles. The van der Waals surface area contributed by atoms with Crippen molar-refractivity contribution in [1.29, 1.82) is 0 Å². The van der Waals surface area contributed by atoms with Gasteiger partial charge in [-0.05, 0) is 6.42 Å². The molecule has 1 atom stereocenters. The van der Waals surface area contributed by atoms with Crippen molar-refractivity contribution in [3.05, 3.63) is 0 Å². The third-order valence-corrected chi connectivity index (χ3v) is 2.08. The van der Waals surface area contributed by atoms with Gasteiger partial charge in [-0.1, -0.05) is 15.9 Å². The van der Waals surface area contributed by atoms with Gasteiger partial charge in [0.05, 0.1) is 6.61 Å². The number of alkyl halides is 1. The molecule has 1 unspecified atom stereocenters. The molecule has 0 saturated carbocycles. The van der Waals surface area contributed by atoms with Crippen molar-refractivity contribution in [3.8, 4) is 0 Å². The van der Waals surface area contributed by atoms with Crippen LogP contribution in [0.1, 0.15) is 12.8 Å². The molecule has 0 bridgehead atoms. The molecule has 1 aliphatic rings. The average molecular weight is 208 g/mol. The minimum absolute atomic E-state index is 0.0733. The average Bonchev–Trinajstić information content (AvgIpc) is 1.90. The molecule has 0 aromatic heterocycles. The van der Waals surface area contributed by atoms with Gasteiger partial charge in [-0.25, -0.2) is 0 Å². The SMILES string of the molecule is O=C1CCC(Br)COCN1. The first-order valence-electron chi connectivity index (χ1n) is 3.27. The summed E-state index contributed by atoms with van der Waals surface area (Å²) in [6.07, 6.45) is 1.45. The van der Waals surface area contributed by atoms with Gasteiger partial charge in [0.1, 0.15) is 6.73 Å². The summed E-state index contributed by atoms with van der Waals surface area (Å²) in [4.78, 5) is 11.1. The molecule has 1 rings (SSSR count). The number of nitrogens with one attached hydrogen (secondary N) is 1. The first-order chi connectivity index (χ1) is 4.79. The third-order valence-electron chi connectivity index (χ3n) is 1.35. The standard InChI is InChI=1S/C6H10BrNO2/c7-5-1-2-6(9)8-4-10-3-5/h5H,1-4H2,(H,8,9). The zero-order chi connectivity index (χ0) is 7.40. The van der Waals surface area contributed by atoms with Crippen molar-refractivity contribution >= 4 is 21.8 Å². The molecular weight excluding hydrogens is 198 g/mol. The molecule has 0 spiro atoms. The van der Waals surface area contributed by atoms with Gasteiger partial charge in [-0.15, -0.1) is 0 Å². The summed E-state index contributed by atoms with van der Waals surface area (Å²) in [6, 6.07) is 0. The molecule has 1 fully saturated rings. The maximum atomic E-state index is 10.8. The molecule has 3 nitrogen and oxygen atoms in total. The summed E-state index contributed by atoms with van der Waals surface area (Å²) in [5.41, 5.74) is 0. The van der Waals surface area contributed by atoms with Crippen LogP contribution in [0.25, 0.3) is 0 Å². The molecule has 1 heterocycles. The zero-order valence-corrected chi connectivity index (χ0v) is 7.19. The highest BCUT2D eigenvalue weighted by Gasteiger charge is 2.10. The summed E-state index contributed by atoms with van der Waals surface area (Å²) in [6.45, 7) is 1.03. The maximum absolute atomic E-state index is 10.8. The maximum Gasteiger partial charge on any atom is 0.221 e. The molecule has 0 aromatic carbocycles. The zero-order valence-electron chi connectivity index (χ0n) is 5.60. The van der Waals surface area contributed by atoms with Gasteiger partial charge < -0.3 is 10.1 Å². The Hall–Kier alpha value is -0.0900. The number of ether oxygens (including phenoxy) is 1. The van der Waals surface area contributed by atoms with Crippen molar-refractivity contribution in [2.75, 3.05) is 13.3 Å². The van der Waals surface area contributed by atoms with E-state index in [0.29, 0.717) is 24.6 Å². The number of halogens is 1. The van der Waals surface area contributed by atoms with Gasteiger partial charge in [0.25, 0.3) is 0 Å². The number of carbonyl (C=O) groups is 1. The summed E-state index contributed by atoms with van der Waals surface area (Å²) >= 11 is 3.40. The molecule has 0 aliphatic carbocycles. The summed E-state index contributed by atoms with van der Waals surface area (Å²) in [5, 5.41) is 2.62. The topological polar surface area (TPSA) is 38.3 Å². The Balaban J connectivity index is 2.29. The van der Waals surface area contributed by atoms with E-state index in [4.69, 9.17) is 4.74 Å². The molecular formula is C6H10BrNO2. The molecule has 1 saturated heterocycles. The second kappa shape index (κ2) is 3.93. The molecule has 0 radical (unpaired) electrons. The van der Waals surface area contributed by atoms with E-state index < -0.39 is 0 Å². The molecule has 10 heavy (non-hydrogen) atoms. The van der Waals surface area contributed by atoms with E-state index >= 15 is 0 Å². The van der Waals surface area contributed by atoms with Crippen molar-refractivity contribution in [2.24, 2.45) is 0 Å². The van der Waals surface area contributed by atoms with E-state index in [1.165, 1.54) is 0 Å². The fourth-order valence-electron chi connectivity index (χ4n) is 0.778. The second-order valence-corrected chi connectivity index (χ2v) is 3.55. The summed E-state index contributed by atoms with van der Waals surface area (Å²) in [5.74, 6) is 0.0733. The van der Waals surface area contributed by atoms with Gasteiger partial charge in [0, 0.05) is 11.2 Å². The number of carbonyl (C=O) groups excluding carboxylic acids is 1. The van der Waals surface area contributed by atoms with Crippen molar-refractivity contribution in [2.45, 2.75) is 17.7 Å². The van der Waals surface area contributed by atoms with Gasteiger partial charge in [-0.3, -0.25) is 4.79 Å². The summed E-state index contributed by atoms with van der Waals surface area (Å²) < 4.78 is 5.08. The number of rotatable bonds is 0. The lowest BCUT2D eigenvalue weighted by atomic mass is 10.2. The van der Waals surface area contributed by atoms with Crippen LogP contribution in [0.3, 0.4) is 0 Å². The van der Waals surface area contributed by atoms with E-state index in [-0.39, 0.29) is 5.91 Å². The van der Waals surface area contributed by atoms with Crippen LogP contribution in [0.5, 0.6) is 0 Å². The number of amides is 1. The Morgan fingerprint density at radius 2 is 2.50 bits per heavy atom. The minimum Gasteiger partial charge on any atom is -0.360 e. The lowest BCUT2D eigenvalue weighted by Crippen LogP contribution is -2.30. The van der Waals surface area contributed by atoms with Crippen LogP contribution >= 0.6 is 15.9 Å². The predicted molar refractivity (Wildman–Crippen MR) is 40.9 cm³/mol. The Bertz CT molecular complexity index is 129. The van der Waals surface area contributed by atoms with Crippen LogP contribution in [0.4, 0.5) is 0 Å². The second-order valence-electron chi connectivity index (χ2n) is 2.25. The van der Waals surface area contributed by atoms with Gasteiger partial charge >= 0.3 is 0 Å². The normalized spacial score (nSPS) is 28.5. The largest absolute Gasteiger partial charge is 0.360 e. The van der Waals surface area contributed by atoms with Crippen LogP contribution < -0.4 is 5.32 Å². The highest BCUT2D eigenvalue weighted by molar-refractivity contribution is 9.09. The quantitative estimate of drug-likeness (QED) is 0.593. The number of hydrogen-bond acceptors (Lipinski definition) is 2. The molecule has 58 valence electrons. The van der Waals surface area contributed by atoms with Crippen LogP contribution in [0.15, 0.2) is 0 Å². The lowest BCUT2D eigenvalue weighted by Gasteiger charge is -2.14. The van der Waals surface area contributed by atoms with E-state index in [1.54, 1.807) is 0 Å². The minimum atomic E-state index is 0.0733. The van der Waals surface area contributed by atoms with Gasteiger partial charge in [0.2, 0.25) is 5.91 Å². The van der Waals surface area contributed by atoms with Crippen molar-refractivity contribution < 1.29 is 9.53 Å². The molecule has 1 N–H and O–H groups in total. The van der Waals surface area contributed by atoms with Crippen LogP contribution in [0, 0.1) is 0 Å². The molecule has 0 aromatic rings. The highest BCUT2D eigenvalue weighted by Crippen LogP contribution is 2.09. The van der Waals surface area contributed by atoms with E-state index in [1.807, 2.05) is 0 Å². The Labute approximate surface area is 68.3 Å². The fraction of sp³-hybridized carbons (Fsp3) is 0.833. The van der Waals surface area contributed by atoms with Crippen molar-refractivity contribution in [1.82, 2.24) is 5.32 Å². The van der Waals surface area contributed by atoms with Crippen LogP contribution in [0.2, 0.25) is 0 Å². The smallest absolute Gasteiger partial charge is 0.221 e. The Morgan fingerprint density at radius 3 is 3.30 bits per heavy atom. The lowest BCUT2D eigenvalue weighted by molar-refractivity contribution is -0.123. The monoisotopic (exact) mass is 207 g/mol. The van der Waals surface area contributed by atoms with E-state index in [9.17, 15) is 4.79 Å². The number of hydrogen-bond donors (Lipinski definition) is 1. The Kier molecular flexibility index (Phi) is 3.15. The van der Waals surface area contributed by atoms with E-state index in [0.717, 1.165) is 6.42 Å². The first-order valence-corrected chi connectivity index (χ1v) is 4.19. The third kappa shape index (κ3) is 2.66. The highest BCUT2D eigenvalue weighted by atomic mass is 79.9. The fourth-order valence-corrected chi connectivity index (χ4v) is 1.19.